The second kappa shape index (κ2) is 8.06. The highest BCUT2D eigenvalue weighted by Gasteiger charge is 2.52. The molecule has 2 atom stereocenters. The Morgan fingerprint density at radius 1 is 1.14 bits per heavy atom. The van der Waals surface area contributed by atoms with Crippen LogP contribution in [0.2, 0.25) is 5.02 Å². The predicted molar refractivity (Wildman–Crippen MR) is 109 cm³/mol. The van der Waals surface area contributed by atoms with Gasteiger partial charge in [0.25, 0.3) is 0 Å². The fraction of sp³-hybridized carbons (Fsp3) is 0.682. The van der Waals surface area contributed by atoms with Gasteiger partial charge in [0.05, 0.1) is 25.9 Å². The molecule has 0 N–H and O–H groups in total. The fourth-order valence-electron chi connectivity index (χ4n) is 5.41. The topological polar surface area (TPSA) is 51.2 Å². The Hall–Kier alpha value is -1.34. The molecule has 0 aromatic heterocycles. The maximum atomic E-state index is 12.8. The van der Waals surface area contributed by atoms with Crippen LogP contribution in [-0.2, 0) is 14.3 Å². The second-order valence-corrected chi connectivity index (χ2v) is 9.09. The van der Waals surface area contributed by atoms with Gasteiger partial charge >= 0.3 is 0 Å². The number of piperidine rings is 1. The summed E-state index contributed by atoms with van der Waals surface area (Å²) < 4.78 is 18.3. The van der Waals surface area contributed by atoms with Crippen LogP contribution in [0.4, 0.5) is 0 Å². The highest BCUT2D eigenvalue weighted by molar-refractivity contribution is 6.30. The molecule has 1 aromatic rings. The van der Waals surface area contributed by atoms with Crippen LogP contribution in [0.1, 0.15) is 37.4 Å². The molecule has 0 bridgehead atoms. The zero-order valence-corrected chi connectivity index (χ0v) is 17.5. The summed E-state index contributed by atoms with van der Waals surface area (Å²) in [6.07, 6.45) is 3.91. The SMILES string of the molecule is O=C(CN1CCOCC1)N1CCC2(CC1)Oc1ccc(Cl)cc1[C@H]1OCCC[C@@H]12. The molecular formula is C22H29ClN2O4. The number of carbonyl (C=O) groups is 1. The summed E-state index contributed by atoms with van der Waals surface area (Å²) in [5.41, 5.74) is 0.834. The maximum absolute atomic E-state index is 12.8. The molecule has 0 radical (unpaired) electrons. The number of fused-ring (bicyclic) bond motifs is 4. The Labute approximate surface area is 177 Å². The van der Waals surface area contributed by atoms with E-state index in [1.165, 1.54) is 0 Å². The molecule has 1 spiro atoms. The predicted octanol–water partition coefficient (Wildman–Crippen LogP) is 2.89. The van der Waals surface area contributed by atoms with Crippen molar-refractivity contribution >= 4 is 17.5 Å². The van der Waals surface area contributed by atoms with E-state index in [4.69, 9.17) is 25.8 Å². The molecule has 29 heavy (non-hydrogen) atoms. The summed E-state index contributed by atoms with van der Waals surface area (Å²) in [6, 6.07) is 5.86. The van der Waals surface area contributed by atoms with Crippen molar-refractivity contribution in [3.8, 4) is 5.75 Å². The highest BCUT2D eigenvalue weighted by atomic mass is 35.5. The van der Waals surface area contributed by atoms with E-state index in [0.717, 1.165) is 88.0 Å². The van der Waals surface area contributed by atoms with Gasteiger partial charge in [-0.2, -0.15) is 0 Å². The third-order valence-electron chi connectivity index (χ3n) is 7.01. The third kappa shape index (κ3) is 3.76. The molecule has 158 valence electrons. The lowest BCUT2D eigenvalue weighted by Crippen LogP contribution is -2.58. The molecule has 3 fully saturated rings. The van der Waals surface area contributed by atoms with Gasteiger partial charge in [-0.05, 0) is 31.0 Å². The maximum Gasteiger partial charge on any atom is 0.236 e. The molecule has 7 heteroatoms. The van der Waals surface area contributed by atoms with E-state index in [1.807, 2.05) is 23.1 Å². The van der Waals surface area contributed by atoms with Crippen LogP contribution >= 0.6 is 11.6 Å². The van der Waals surface area contributed by atoms with Gasteiger partial charge in [-0.3, -0.25) is 9.69 Å². The third-order valence-corrected chi connectivity index (χ3v) is 7.25. The van der Waals surface area contributed by atoms with Crippen LogP contribution in [0.15, 0.2) is 18.2 Å². The summed E-state index contributed by atoms with van der Waals surface area (Å²) >= 11 is 6.25. The first-order valence-corrected chi connectivity index (χ1v) is 11.2. The lowest BCUT2D eigenvalue weighted by atomic mass is 9.70. The number of amides is 1. The monoisotopic (exact) mass is 420 g/mol. The standard InChI is InChI=1S/C22H29ClN2O4/c23-16-3-4-19-17(14-16)21-18(2-1-11-28-21)22(29-19)5-7-25(8-6-22)20(26)15-24-9-12-27-13-10-24/h3-4,14,18,21H,1-2,5-13,15H2/t18-,21+/m0/s1. The van der Waals surface area contributed by atoms with Crippen molar-refractivity contribution in [1.82, 2.24) is 9.80 Å². The van der Waals surface area contributed by atoms with Crippen LogP contribution < -0.4 is 4.74 Å². The average molecular weight is 421 g/mol. The Balaban J connectivity index is 1.30. The summed E-state index contributed by atoms with van der Waals surface area (Å²) in [5.74, 6) is 1.44. The first-order chi connectivity index (χ1) is 14.1. The molecular weight excluding hydrogens is 392 g/mol. The number of likely N-dealkylation sites (tertiary alicyclic amines) is 1. The number of carbonyl (C=O) groups excluding carboxylic acids is 1. The second-order valence-electron chi connectivity index (χ2n) is 8.66. The molecule has 0 unspecified atom stereocenters. The van der Waals surface area contributed by atoms with Gasteiger partial charge in [0, 0.05) is 62.1 Å². The molecule has 1 aromatic carbocycles. The van der Waals surface area contributed by atoms with Crippen molar-refractivity contribution in [2.75, 3.05) is 52.5 Å². The molecule has 4 aliphatic rings. The van der Waals surface area contributed by atoms with Crippen molar-refractivity contribution in [2.45, 2.75) is 37.4 Å². The zero-order valence-electron chi connectivity index (χ0n) is 16.8. The van der Waals surface area contributed by atoms with E-state index in [0.29, 0.717) is 12.5 Å². The summed E-state index contributed by atoms with van der Waals surface area (Å²) in [6.45, 7) is 5.89. The highest BCUT2D eigenvalue weighted by Crippen LogP contribution is 2.53. The summed E-state index contributed by atoms with van der Waals surface area (Å²) in [5, 5.41) is 0.722. The lowest BCUT2D eigenvalue weighted by molar-refractivity contribution is -0.157. The Bertz CT molecular complexity index is 759. The van der Waals surface area contributed by atoms with Gasteiger partial charge < -0.3 is 19.1 Å². The average Bonchev–Trinajstić information content (AvgIpc) is 2.76. The number of morpholine rings is 1. The number of hydrogen-bond donors (Lipinski definition) is 0. The molecule has 0 saturated carbocycles. The van der Waals surface area contributed by atoms with Gasteiger partial charge in [0.15, 0.2) is 0 Å². The summed E-state index contributed by atoms with van der Waals surface area (Å²) in [7, 11) is 0. The van der Waals surface area contributed by atoms with Gasteiger partial charge in [0.2, 0.25) is 5.91 Å². The van der Waals surface area contributed by atoms with E-state index in [1.54, 1.807) is 0 Å². The molecule has 3 saturated heterocycles. The normalized spacial score (nSPS) is 29.1. The Kier molecular flexibility index (Phi) is 5.45. The molecule has 1 amide bonds. The smallest absolute Gasteiger partial charge is 0.236 e. The van der Waals surface area contributed by atoms with E-state index >= 15 is 0 Å². The van der Waals surface area contributed by atoms with Crippen LogP contribution in [0.3, 0.4) is 0 Å². The van der Waals surface area contributed by atoms with Crippen molar-refractivity contribution in [3.05, 3.63) is 28.8 Å². The number of ether oxygens (including phenoxy) is 3. The van der Waals surface area contributed by atoms with Gasteiger partial charge in [0.1, 0.15) is 11.4 Å². The molecule has 5 rings (SSSR count). The lowest BCUT2D eigenvalue weighted by Gasteiger charge is -2.53. The zero-order chi connectivity index (χ0) is 19.8. The van der Waals surface area contributed by atoms with Crippen LogP contribution in [-0.4, -0.2) is 73.9 Å². The van der Waals surface area contributed by atoms with Crippen LogP contribution in [0.5, 0.6) is 5.75 Å². The largest absolute Gasteiger partial charge is 0.486 e. The van der Waals surface area contributed by atoms with E-state index in [9.17, 15) is 4.79 Å². The minimum absolute atomic E-state index is 0.0433. The quantitative estimate of drug-likeness (QED) is 0.736. The number of nitrogens with zero attached hydrogens (tertiary/aromatic N) is 2. The number of hydrogen-bond acceptors (Lipinski definition) is 5. The van der Waals surface area contributed by atoms with Gasteiger partial charge in [-0.15, -0.1) is 0 Å². The fourth-order valence-corrected chi connectivity index (χ4v) is 5.59. The van der Waals surface area contributed by atoms with Crippen LogP contribution in [0, 0.1) is 5.92 Å². The Morgan fingerprint density at radius 3 is 2.72 bits per heavy atom. The first-order valence-electron chi connectivity index (χ1n) is 10.8. The van der Waals surface area contributed by atoms with Crippen molar-refractivity contribution in [1.29, 1.82) is 0 Å². The van der Waals surface area contributed by atoms with Gasteiger partial charge in [-0.1, -0.05) is 11.6 Å². The number of halogens is 1. The molecule has 4 heterocycles. The van der Waals surface area contributed by atoms with Crippen molar-refractivity contribution in [2.24, 2.45) is 5.92 Å². The van der Waals surface area contributed by atoms with Crippen molar-refractivity contribution in [3.63, 3.8) is 0 Å². The van der Waals surface area contributed by atoms with E-state index in [-0.39, 0.29) is 17.6 Å². The van der Waals surface area contributed by atoms with E-state index in [2.05, 4.69) is 4.90 Å². The molecule has 6 nitrogen and oxygen atoms in total. The minimum atomic E-state index is -0.248. The molecule has 0 aliphatic carbocycles. The minimum Gasteiger partial charge on any atom is -0.486 e. The number of rotatable bonds is 2. The van der Waals surface area contributed by atoms with Crippen molar-refractivity contribution < 1.29 is 19.0 Å². The van der Waals surface area contributed by atoms with Crippen LogP contribution in [0.25, 0.3) is 0 Å². The first kappa shape index (κ1) is 19.6. The van der Waals surface area contributed by atoms with E-state index < -0.39 is 0 Å². The van der Waals surface area contributed by atoms with Gasteiger partial charge in [-0.25, -0.2) is 0 Å². The Morgan fingerprint density at radius 2 is 1.93 bits per heavy atom. The molecule has 4 aliphatic heterocycles. The number of benzene rings is 1. The summed E-state index contributed by atoms with van der Waals surface area (Å²) in [4.78, 5) is 17.0.